The highest BCUT2D eigenvalue weighted by Gasteiger charge is 2.34. The van der Waals surface area contributed by atoms with Gasteiger partial charge in [-0.05, 0) is 44.2 Å². The summed E-state index contributed by atoms with van der Waals surface area (Å²) >= 11 is 0. The van der Waals surface area contributed by atoms with Crippen molar-refractivity contribution >= 4 is 11.9 Å². The smallest absolute Gasteiger partial charge is 0.305 e. The van der Waals surface area contributed by atoms with Gasteiger partial charge in [0.2, 0.25) is 0 Å². The van der Waals surface area contributed by atoms with E-state index in [-0.39, 0.29) is 12.1 Å². The van der Waals surface area contributed by atoms with Crippen LogP contribution in [0.4, 0.5) is 4.39 Å². The van der Waals surface area contributed by atoms with Crippen molar-refractivity contribution in [1.82, 2.24) is 15.1 Å². The predicted molar refractivity (Wildman–Crippen MR) is 98.6 cm³/mol. The van der Waals surface area contributed by atoms with E-state index in [1.807, 2.05) is 13.8 Å². The predicted octanol–water partition coefficient (Wildman–Crippen LogP) is 3.26. The lowest BCUT2D eigenvalue weighted by atomic mass is 9.88. The van der Waals surface area contributed by atoms with Crippen molar-refractivity contribution < 1.29 is 19.1 Å². The monoisotopic (exact) mass is 373 g/mol. The van der Waals surface area contributed by atoms with Gasteiger partial charge in [-0.25, -0.2) is 9.07 Å². The number of carbonyl (C=O) groups excluding carboxylic acids is 1. The molecule has 0 saturated carbocycles. The number of benzene rings is 1. The molecule has 1 aromatic carbocycles. The first-order chi connectivity index (χ1) is 12.9. The Hall–Kier alpha value is -2.70. The maximum absolute atomic E-state index is 14.3. The first kappa shape index (κ1) is 19.1. The van der Waals surface area contributed by atoms with Crippen molar-refractivity contribution in [3.63, 3.8) is 0 Å². The lowest BCUT2D eigenvalue weighted by Crippen LogP contribution is -2.49. The Morgan fingerprint density at radius 2 is 1.96 bits per heavy atom. The topological polar surface area (TPSA) is 84.2 Å². The minimum Gasteiger partial charge on any atom is -0.481 e. The van der Waals surface area contributed by atoms with Gasteiger partial charge in [0.25, 0.3) is 5.91 Å². The lowest BCUT2D eigenvalue weighted by Gasteiger charge is -2.31. The summed E-state index contributed by atoms with van der Waals surface area (Å²) in [6.07, 6.45) is 3.16. The summed E-state index contributed by atoms with van der Waals surface area (Å²) in [6.45, 7) is 3.71. The molecule has 1 aromatic heterocycles. The molecule has 144 valence electrons. The highest BCUT2D eigenvalue weighted by Crippen LogP contribution is 2.29. The third kappa shape index (κ3) is 3.59. The van der Waals surface area contributed by atoms with Gasteiger partial charge in [0, 0.05) is 11.3 Å². The van der Waals surface area contributed by atoms with Gasteiger partial charge in [-0.15, -0.1) is 0 Å². The number of aliphatic carboxylic acids is 1. The molecule has 0 atom stereocenters. The molecule has 0 aliphatic heterocycles. The number of carboxylic acids is 1. The number of rotatable bonds is 7. The number of para-hydroxylation sites is 1. The van der Waals surface area contributed by atoms with E-state index in [0.717, 1.165) is 24.1 Å². The molecule has 1 heterocycles. The minimum absolute atomic E-state index is 0.151. The maximum atomic E-state index is 14.3. The zero-order valence-electron chi connectivity index (χ0n) is 15.6. The summed E-state index contributed by atoms with van der Waals surface area (Å²) in [5.74, 6) is -1.75. The Morgan fingerprint density at radius 3 is 2.59 bits per heavy atom. The molecule has 2 N–H and O–H groups in total. The normalized spacial score (nSPS) is 13.4. The lowest BCUT2D eigenvalue weighted by molar-refractivity contribution is -0.138. The van der Waals surface area contributed by atoms with E-state index in [1.165, 1.54) is 10.7 Å². The van der Waals surface area contributed by atoms with Gasteiger partial charge in [-0.3, -0.25) is 9.59 Å². The average molecular weight is 373 g/mol. The van der Waals surface area contributed by atoms with E-state index in [1.54, 1.807) is 18.2 Å². The number of hydrogen-bond acceptors (Lipinski definition) is 3. The quantitative estimate of drug-likeness (QED) is 0.780. The van der Waals surface area contributed by atoms with Gasteiger partial charge in [-0.1, -0.05) is 26.0 Å². The van der Waals surface area contributed by atoms with Gasteiger partial charge in [0.1, 0.15) is 11.5 Å². The largest absolute Gasteiger partial charge is 0.481 e. The summed E-state index contributed by atoms with van der Waals surface area (Å²) in [5.41, 5.74) is 1.44. The van der Waals surface area contributed by atoms with Gasteiger partial charge < -0.3 is 10.4 Å². The number of hydrogen-bond donors (Lipinski definition) is 2. The Balaban J connectivity index is 1.98. The number of nitrogens with zero attached hydrogens (tertiary/aromatic N) is 2. The summed E-state index contributed by atoms with van der Waals surface area (Å²) < 4.78 is 15.8. The third-order valence-electron chi connectivity index (χ3n) is 5.45. The maximum Gasteiger partial charge on any atom is 0.305 e. The van der Waals surface area contributed by atoms with E-state index in [9.17, 15) is 19.1 Å². The summed E-state index contributed by atoms with van der Waals surface area (Å²) in [5, 5.41) is 16.5. The second-order valence-electron chi connectivity index (χ2n) is 7.00. The van der Waals surface area contributed by atoms with Crippen LogP contribution in [-0.4, -0.2) is 32.3 Å². The van der Waals surface area contributed by atoms with Gasteiger partial charge in [0.15, 0.2) is 5.69 Å². The number of carbonyl (C=O) groups is 2. The molecule has 0 radical (unpaired) electrons. The Kier molecular flexibility index (Phi) is 5.30. The first-order valence-electron chi connectivity index (χ1n) is 9.30. The Morgan fingerprint density at radius 1 is 1.26 bits per heavy atom. The molecule has 1 aliphatic rings. The number of halogens is 1. The molecule has 0 spiro atoms. The van der Waals surface area contributed by atoms with E-state index in [0.29, 0.717) is 24.9 Å². The van der Waals surface area contributed by atoms with Crippen molar-refractivity contribution in [3.05, 3.63) is 47.0 Å². The van der Waals surface area contributed by atoms with E-state index >= 15 is 0 Å². The highest BCUT2D eigenvalue weighted by molar-refractivity contribution is 5.95. The van der Waals surface area contributed by atoms with Crippen LogP contribution in [0.15, 0.2) is 24.3 Å². The van der Waals surface area contributed by atoms with E-state index in [4.69, 9.17) is 0 Å². The molecule has 7 heteroatoms. The standard InChI is InChI=1S/C20H24FN3O3/c1-3-20(4-2,12-17(25)26)22-19(27)18-13-8-7-11-15(13)24(23-18)16-10-6-5-9-14(16)21/h5-6,9-10H,3-4,7-8,11-12H2,1-2H3,(H,22,27)(H,25,26). The van der Waals surface area contributed by atoms with Crippen LogP contribution >= 0.6 is 0 Å². The molecular formula is C20H24FN3O3. The fourth-order valence-corrected chi connectivity index (χ4v) is 3.75. The van der Waals surface area contributed by atoms with Crippen molar-refractivity contribution in [3.8, 4) is 5.69 Å². The number of nitrogens with one attached hydrogen (secondary N) is 1. The van der Waals surface area contributed by atoms with E-state index in [2.05, 4.69) is 10.4 Å². The van der Waals surface area contributed by atoms with Crippen molar-refractivity contribution in [2.45, 2.75) is 57.9 Å². The second kappa shape index (κ2) is 7.50. The Bertz CT molecular complexity index is 871. The molecule has 27 heavy (non-hydrogen) atoms. The molecule has 1 aliphatic carbocycles. The van der Waals surface area contributed by atoms with Crippen LogP contribution in [-0.2, 0) is 17.6 Å². The summed E-state index contributed by atoms with van der Waals surface area (Å²) in [7, 11) is 0. The molecule has 0 saturated heterocycles. The minimum atomic E-state index is -0.957. The molecular weight excluding hydrogens is 349 g/mol. The molecule has 1 amide bonds. The van der Waals surface area contributed by atoms with Crippen LogP contribution in [0.5, 0.6) is 0 Å². The molecule has 2 aromatic rings. The van der Waals surface area contributed by atoms with Crippen molar-refractivity contribution in [1.29, 1.82) is 0 Å². The van der Waals surface area contributed by atoms with Crippen LogP contribution in [0, 0.1) is 5.82 Å². The third-order valence-corrected chi connectivity index (χ3v) is 5.45. The SMILES string of the molecule is CCC(CC)(CC(=O)O)NC(=O)c1nn(-c2ccccc2F)c2c1CCC2. The average Bonchev–Trinajstić information content (AvgIpc) is 3.23. The molecule has 3 rings (SSSR count). The number of carboxylic acid groups (broad SMARTS) is 1. The van der Waals surface area contributed by atoms with Crippen molar-refractivity contribution in [2.24, 2.45) is 0 Å². The highest BCUT2D eigenvalue weighted by atomic mass is 19.1. The first-order valence-corrected chi connectivity index (χ1v) is 9.30. The Labute approximate surface area is 157 Å². The summed E-state index contributed by atoms with van der Waals surface area (Å²) in [6, 6.07) is 6.34. The number of fused-ring (bicyclic) bond motifs is 1. The van der Waals surface area contributed by atoms with Crippen LogP contribution in [0.25, 0.3) is 5.69 Å². The van der Waals surface area contributed by atoms with Gasteiger partial charge in [-0.2, -0.15) is 5.10 Å². The van der Waals surface area contributed by atoms with Crippen LogP contribution < -0.4 is 5.32 Å². The van der Waals surface area contributed by atoms with E-state index < -0.39 is 23.2 Å². The zero-order chi connectivity index (χ0) is 19.6. The second-order valence-corrected chi connectivity index (χ2v) is 7.00. The van der Waals surface area contributed by atoms with Gasteiger partial charge in [0.05, 0.1) is 12.0 Å². The fourth-order valence-electron chi connectivity index (χ4n) is 3.75. The van der Waals surface area contributed by atoms with Gasteiger partial charge >= 0.3 is 5.97 Å². The molecule has 0 bridgehead atoms. The molecule has 0 unspecified atom stereocenters. The fraction of sp³-hybridized carbons (Fsp3) is 0.450. The molecule has 6 nitrogen and oxygen atoms in total. The van der Waals surface area contributed by atoms with Crippen molar-refractivity contribution in [2.75, 3.05) is 0 Å². The molecule has 0 fully saturated rings. The van der Waals surface area contributed by atoms with Crippen LogP contribution in [0.3, 0.4) is 0 Å². The zero-order valence-corrected chi connectivity index (χ0v) is 15.6. The number of aromatic nitrogens is 2. The summed E-state index contributed by atoms with van der Waals surface area (Å²) in [4.78, 5) is 24.2. The number of amides is 1. The van der Waals surface area contributed by atoms with Crippen LogP contribution in [0.1, 0.15) is 61.3 Å². The van der Waals surface area contributed by atoms with Crippen LogP contribution in [0.2, 0.25) is 0 Å².